The lowest BCUT2D eigenvalue weighted by Gasteiger charge is -2.21. The van der Waals surface area contributed by atoms with E-state index in [1.54, 1.807) is 0 Å². The molecule has 0 saturated heterocycles. The maximum absolute atomic E-state index is 12.9. The molecule has 0 aliphatic heterocycles. The summed E-state index contributed by atoms with van der Waals surface area (Å²) in [5.74, 6) is -5.68. The Morgan fingerprint density at radius 3 is 2.17 bits per heavy atom. The zero-order valence-electron chi connectivity index (χ0n) is 13.6. The van der Waals surface area contributed by atoms with E-state index < -0.39 is 35.5 Å². The smallest absolute Gasteiger partial charge is 0.453 e. The number of ether oxygens (including phenoxy) is 1. The van der Waals surface area contributed by atoms with E-state index in [0.29, 0.717) is 19.3 Å². The maximum Gasteiger partial charge on any atom is 0.453 e. The average Bonchev–Trinajstić information content (AvgIpc) is 2.44. The van der Waals surface area contributed by atoms with E-state index in [1.165, 1.54) is 0 Å². The first-order chi connectivity index (χ1) is 10.7. The molecular formula is C15H25F5O2S. The minimum Gasteiger partial charge on any atom is -0.465 e. The first-order valence-corrected chi connectivity index (χ1v) is 8.93. The SMILES string of the molecule is CCCCCC(SCCC(F)(F)C(F)(F)F)C(=O)OCCCC. The van der Waals surface area contributed by atoms with E-state index in [1.807, 2.05) is 13.8 Å². The van der Waals surface area contributed by atoms with Crippen LogP contribution in [0, 0.1) is 0 Å². The van der Waals surface area contributed by atoms with Gasteiger partial charge >= 0.3 is 18.1 Å². The van der Waals surface area contributed by atoms with E-state index in [0.717, 1.165) is 31.0 Å². The molecule has 0 bridgehead atoms. The summed E-state index contributed by atoms with van der Waals surface area (Å²) in [6.07, 6.45) is -2.39. The molecule has 0 heterocycles. The molecule has 1 atom stereocenters. The van der Waals surface area contributed by atoms with Crippen LogP contribution in [0.5, 0.6) is 0 Å². The fraction of sp³-hybridized carbons (Fsp3) is 0.933. The van der Waals surface area contributed by atoms with Gasteiger partial charge in [0.15, 0.2) is 0 Å². The van der Waals surface area contributed by atoms with E-state index in [9.17, 15) is 26.7 Å². The normalized spacial score (nSPS) is 13.9. The summed E-state index contributed by atoms with van der Waals surface area (Å²) in [4.78, 5) is 11.9. The number of esters is 1. The van der Waals surface area contributed by atoms with Crippen molar-refractivity contribution in [2.75, 3.05) is 12.4 Å². The van der Waals surface area contributed by atoms with Gasteiger partial charge in [-0.15, -0.1) is 11.8 Å². The van der Waals surface area contributed by atoms with Crippen molar-refractivity contribution < 1.29 is 31.5 Å². The Hall–Kier alpha value is -0.530. The zero-order valence-corrected chi connectivity index (χ0v) is 14.4. The zero-order chi connectivity index (χ0) is 17.9. The first kappa shape index (κ1) is 22.5. The molecule has 0 spiro atoms. The molecule has 0 saturated carbocycles. The Morgan fingerprint density at radius 1 is 1.04 bits per heavy atom. The second kappa shape index (κ2) is 11.1. The van der Waals surface area contributed by atoms with Crippen LogP contribution in [0.2, 0.25) is 0 Å². The van der Waals surface area contributed by atoms with Crippen molar-refractivity contribution >= 4 is 17.7 Å². The summed E-state index contributed by atoms with van der Waals surface area (Å²) in [7, 11) is 0. The third-order valence-corrected chi connectivity index (χ3v) is 4.50. The van der Waals surface area contributed by atoms with Gasteiger partial charge in [-0.05, 0) is 12.8 Å². The second-order valence-electron chi connectivity index (χ2n) is 5.33. The van der Waals surface area contributed by atoms with Crippen molar-refractivity contribution in [2.45, 2.75) is 76.1 Å². The Bertz CT molecular complexity index is 334. The molecular weight excluding hydrogens is 339 g/mol. The number of hydrogen-bond donors (Lipinski definition) is 0. The molecule has 0 aromatic carbocycles. The van der Waals surface area contributed by atoms with E-state index in [4.69, 9.17) is 4.74 Å². The van der Waals surface area contributed by atoms with E-state index in [2.05, 4.69) is 0 Å². The number of alkyl halides is 5. The summed E-state index contributed by atoms with van der Waals surface area (Å²) in [5, 5.41) is -0.678. The highest BCUT2D eigenvalue weighted by atomic mass is 32.2. The van der Waals surface area contributed by atoms with Gasteiger partial charge in [0.05, 0.1) is 6.61 Å². The average molecular weight is 364 g/mol. The van der Waals surface area contributed by atoms with Crippen molar-refractivity contribution in [1.82, 2.24) is 0 Å². The Morgan fingerprint density at radius 2 is 1.65 bits per heavy atom. The molecule has 0 N–H and O–H groups in total. The van der Waals surface area contributed by atoms with Crippen LogP contribution in [0.1, 0.15) is 58.8 Å². The Balaban J connectivity index is 4.42. The van der Waals surface area contributed by atoms with Gasteiger partial charge in [-0.1, -0.05) is 39.5 Å². The second-order valence-corrected chi connectivity index (χ2v) is 6.64. The van der Waals surface area contributed by atoms with Crippen LogP contribution in [0.3, 0.4) is 0 Å². The predicted octanol–water partition coefficient (Wildman–Crippen LogP) is 5.60. The number of halogens is 5. The predicted molar refractivity (Wildman–Crippen MR) is 81.9 cm³/mol. The first-order valence-electron chi connectivity index (χ1n) is 7.88. The lowest BCUT2D eigenvalue weighted by Crippen LogP contribution is -2.37. The van der Waals surface area contributed by atoms with Gasteiger partial charge in [0.25, 0.3) is 0 Å². The van der Waals surface area contributed by atoms with Gasteiger partial charge in [-0.2, -0.15) is 22.0 Å². The summed E-state index contributed by atoms with van der Waals surface area (Å²) in [6, 6.07) is 0. The monoisotopic (exact) mass is 364 g/mol. The third-order valence-electron chi connectivity index (χ3n) is 3.22. The molecule has 0 rings (SSSR count). The molecule has 23 heavy (non-hydrogen) atoms. The van der Waals surface area contributed by atoms with Crippen molar-refractivity contribution in [1.29, 1.82) is 0 Å². The molecule has 138 valence electrons. The maximum atomic E-state index is 12.9. The molecule has 0 amide bonds. The fourth-order valence-corrected chi connectivity index (χ4v) is 2.93. The van der Waals surface area contributed by atoms with Gasteiger partial charge in [0.1, 0.15) is 5.25 Å². The number of thioether (sulfide) groups is 1. The van der Waals surface area contributed by atoms with Crippen LogP contribution in [-0.2, 0) is 9.53 Å². The van der Waals surface area contributed by atoms with Gasteiger partial charge in [-0.3, -0.25) is 4.79 Å². The van der Waals surface area contributed by atoms with E-state index >= 15 is 0 Å². The van der Waals surface area contributed by atoms with Crippen LogP contribution >= 0.6 is 11.8 Å². The Kier molecular flexibility index (Phi) is 10.8. The molecule has 0 aliphatic carbocycles. The van der Waals surface area contributed by atoms with Crippen LogP contribution < -0.4 is 0 Å². The number of unbranched alkanes of at least 4 members (excludes halogenated alkanes) is 3. The number of hydrogen-bond acceptors (Lipinski definition) is 3. The van der Waals surface area contributed by atoms with Crippen molar-refractivity contribution in [2.24, 2.45) is 0 Å². The highest BCUT2D eigenvalue weighted by molar-refractivity contribution is 8.00. The minimum absolute atomic E-state index is 0.249. The molecule has 2 nitrogen and oxygen atoms in total. The molecule has 1 unspecified atom stereocenters. The molecule has 0 aliphatic rings. The van der Waals surface area contributed by atoms with Crippen LogP contribution in [0.25, 0.3) is 0 Å². The number of carbonyl (C=O) groups excluding carboxylic acids is 1. The summed E-state index contributed by atoms with van der Waals surface area (Å²) < 4.78 is 67.2. The molecule has 0 fully saturated rings. The van der Waals surface area contributed by atoms with Gasteiger partial charge in [0.2, 0.25) is 0 Å². The van der Waals surface area contributed by atoms with Crippen LogP contribution in [0.4, 0.5) is 22.0 Å². The van der Waals surface area contributed by atoms with Crippen molar-refractivity contribution in [3.05, 3.63) is 0 Å². The quantitative estimate of drug-likeness (QED) is 0.256. The largest absolute Gasteiger partial charge is 0.465 e. The lowest BCUT2D eigenvalue weighted by atomic mass is 10.1. The lowest BCUT2D eigenvalue weighted by molar-refractivity contribution is -0.282. The number of carbonyl (C=O) groups is 1. The summed E-state index contributed by atoms with van der Waals surface area (Å²) in [6.45, 7) is 4.16. The van der Waals surface area contributed by atoms with Crippen LogP contribution in [0.15, 0.2) is 0 Å². The fourth-order valence-electron chi connectivity index (χ4n) is 1.73. The standard InChI is InChI=1S/C15H25F5O2S/c1-3-5-7-8-12(13(21)22-10-6-4-2)23-11-9-14(16,17)15(18,19)20/h12H,3-11H2,1-2H3. The highest BCUT2D eigenvalue weighted by Crippen LogP contribution is 2.39. The highest BCUT2D eigenvalue weighted by Gasteiger charge is 2.56. The van der Waals surface area contributed by atoms with Crippen LogP contribution in [-0.4, -0.2) is 35.7 Å². The van der Waals surface area contributed by atoms with Gasteiger partial charge in [-0.25, -0.2) is 0 Å². The van der Waals surface area contributed by atoms with E-state index in [-0.39, 0.29) is 6.61 Å². The van der Waals surface area contributed by atoms with Crippen molar-refractivity contribution in [3.63, 3.8) is 0 Å². The Labute approximate surface area is 138 Å². The van der Waals surface area contributed by atoms with Crippen molar-refractivity contribution in [3.8, 4) is 0 Å². The molecule has 0 aromatic rings. The minimum atomic E-state index is -5.55. The number of rotatable bonds is 12. The molecule has 0 aromatic heterocycles. The summed E-state index contributed by atoms with van der Waals surface area (Å²) >= 11 is 0.827. The molecule has 8 heteroatoms. The topological polar surface area (TPSA) is 26.3 Å². The van der Waals surface area contributed by atoms with Gasteiger partial charge in [0, 0.05) is 12.2 Å². The summed E-state index contributed by atoms with van der Waals surface area (Å²) in [5.41, 5.74) is 0. The molecule has 0 radical (unpaired) electrons. The van der Waals surface area contributed by atoms with Gasteiger partial charge < -0.3 is 4.74 Å². The third kappa shape index (κ3) is 9.37.